The van der Waals surface area contributed by atoms with Gasteiger partial charge >= 0.3 is 0 Å². The number of nitrogens with zero attached hydrogens (tertiary/aromatic N) is 1. The first-order valence-electron chi connectivity index (χ1n) is 7.22. The van der Waals surface area contributed by atoms with Gasteiger partial charge in [-0.25, -0.2) is 0 Å². The first-order chi connectivity index (χ1) is 10.2. The summed E-state index contributed by atoms with van der Waals surface area (Å²) in [5.41, 5.74) is 6.32. The van der Waals surface area contributed by atoms with Crippen molar-refractivity contribution in [2.45, 2.75) is 18.6 Å². The van der Waals surface area contributed by atoms with Gasteiger partial charge in [0.1, 0.15) is 5.75 Å². The molecule has 114 valence electrons. The molecule has 1 aromatic rings. The first-order valence-corrected chi connectivity index (χ1v) is 7.22. The van der Waals surface area contributed by atoms with Crippen molar-refractivity contribution in [3.63, 3.8) is 0 Å². The predicted molar refractivity (Wildman–Crippen MR) is 76.8 cm³/mol. The maximum absolute atomic E-state index is 12.2. The smallest absolute Gasteiger partial charge is 0.260 e. The molecule has 0 aliphatic carbocycles. The molecule has 0 atom stereocenters. The molecule has 3 rings (SSSR count). The number of piperidine rings is 1. The number of carbonyl (C=O) groups excluding carboxylic acids is 1. The molecule has 2 N–H and O–H groups in total. The van der Waals surface area contributed by atoms with E-state index in [4.69, 9.17) is 19.9 Å². The molecule has 2 saturated heterocycles. The molecule has 0 aromatic heterocycles. The molecule has 6 nitrogen and oxygen atoms in total. The third kappa shape index (κ3) is 3.11. The molecule has 2 aliphatic rings. The van der Waals surface area contributed by atoms with Crippen molar-refractivity contribution in [3.05, 3.63) is 24.3 Å². The summed E-state index contributed by atoms with van der Waals surface area (Å²) < 4.78 is 16.8. The van der Waals surface area contributed by atoms with Gasteiger partial charge in [0, 0.05) is 25.9 Å². The van der Waals surface area contributed by atoms with E-state index in [0.29, 0.717) is 50.6 Å². The fraction of sp³-hybridized carbons (Fsp3) is 0.533. The lowest BCUT2D eigenvalue weighted by molar-refractivity contribution is -0.187. The van der Waals surface area contributed by atoms with E-state index in [1.807, 2.05) is 12.1 Å². The van der Waals surface area contributed by atoms with Crippen LogP contribution in [0.3, 0.4) is 0 Å². The molecule has 1 aromatic carbocycles. The van der Waals surface area contributed by atoms with Crippen LogP contribution in [-0.2, 0) is 14.3 Å². The van der Waals surface area contributed by atoms with E-state index >= 15 is 0 Å². The van der Waals surface area contributed by atoms with Crippen LogP contribution in [0.1, 0.15) is 12.8 Å². The van der Waals surface area contributed by atoms with Gasteiger partial charge in [-0.05, 0) is 12.1 Å². The summed E-state index contributed by atoms with van der Waals surface area (Å²) in [7, 11) is 0. The van der Waals surface area contributed by atoms with Gasteiger partial charge < -0.3 is 24.8 Å². The molecule has 2 fully saturated rings. The number of nitrogen functional groups attached to an aromatic ring is 1. The van der Waals surface area contributed by atoms with Crippen molar-refractivity contribution in [1.29, 1.82) is 0 Å². The van der Waals surface area contributed by atoms with Crippen molar-refractivity contribution in [3.8, 4) is 5.75 Å². The molecule has 1 spiro atoms. The maximum atomic E-state index is 12.2. The summed E-state index contributed by atoms with van der Waals surface area (Å²) in [6.45, 7) is 2.55. The van der Waals surface area contributed by atoms with Gasteiger partial charge in [0.25, 0.3) is 5.91 Å². The van der Waals surface area contributed by atoms with Crippen LogP contribution in [0.25, 0.3) is 0 Å². The van der Waals surface area contributed by atoms with Crippen LogP contribution in [0, 0.1) is 0 Å². The van der Waals surface area contributed by atoms with Crippen LogP contribution in [0.4, 0.5) is 5.69 Å². The Morgan fingerprint density at radius 3 is 2.57 bits per heavy atom. The van der Waals surface area contributed by atoms with Gasteiger partial charge in [0.05, 0.1) is 18.9 Å². The molecule has 0 radical (unpaired) electrons. The lowest BCUT2D eigenvalue weighted by Crippen LogP contribution is -2.48. The molecule has 0 saturated carbocycles. The van der Waals surface area contributed by atoms with E-state index in [1.54, 1.807) is 17.0 Å². The SMILES string of the molecule is Nc1ccccc1OCC(=O)N1CCC2(CC1)OCCO2. The molecule has 0 unspecified atom stereocenters. The molecule has 6 heteroatoms. The number of likely N-dealkylation sites (tertiary alicyclic amines) is 1. The van der Waals surface area contributed by atoms with Crippen LogP contribution in [-0.4, -0.2) is 49.5 Å². The van der Waals surface area contributed by atoms with Crippen molar-refractivity contribution in [2.75, 3.05) is 38.6 Å². The number of para-hydroxylation sites is 2. The number of ether oxygens (including phenoxy) is 3. The minimum Gasteiger partial charge on any atom is -0.482 e. The Kier molecular flexibility index (Phi) is 3.98. The van der Waals surface area contributed by atoms with Crippen molar-refractivity contribution >= 4 is 11.6 Å². The fourth-order valence-corrected chi connectivity index (χ4v) is 2.73. The normalized spacial score (nSPS) is 20.7. The van der Waals surface area contributed by atoms with Crippen LogP contribution < -0.4 is 10.5 Å². The highest BCUT2D eigenvalue weighted by molar-refractivity contribution is 5.78. The Hall–Kier alpha value is -1.79. The molecule has 2 aliphatic heterocycles. The molecular weight excluding hydrogens is 272 g/mol. The summed E-state index contributed by atoms with van der Waals surface area (Å²) in [6, 6.07) is 7.17. The van der Waals surface area contributed by atoms with Gasteiger partial charge in [-0.1, -0.05) is 12.1 Å². The molecule has 0 bridgehead atoms. The third-order valence-electron chi connectivity index (χ3n) is 3.96. The standard InChI is InChI=1S/C15H20N2O4/c16-12-3-1-2-4-13(12)19-11-14(18)17-7-5-15(6-8-17)20-9-10-21-15/h1-4H,5-11,16H2. The van der Waals surface area contributed by atoms with E-state index in [0.717, 1.165) is 0 Å². The molecule has 1 amide bonds. The highest BCUT2D eigenvalue weighted by Gasteiger charge is 2.40. The van der Waals surface area contributed by atoms with Crippen molar-refractivity contribution < 1.29 is 19.0 Å². The summed E-state index contributed by atoms with van der Waals surface area (Å²) in [5.74, 6) is 0.0505. The fourth-order valence-electron chi connectivity index (χ4n) is 2.73. The number of benzene rings is 1. The quantitative estimate of drug-likeness (QED) is 0.842. The van der Waals surface area contributed by atoms with Crippen LogP contribution in [0.2, 0.25) is 0 Å². The third-order valence-corrected chi connectivity index (χ3v) is 3.96. The number of nitrogens with two attached hydrogens (primary N) is 1. The number of hydrogen-bond donors (Lipinski definition) is 1. The highest BCUT2D eigenvalue weighted by Crippen LogP contribution is 2.31. The molecule has 21 heavy (non-hydrogen) atoms. The maximum Gasteiger partial charge on any atom is 0.260 e. The first kappa shape index (κ1) is 14.2. The Balaban J connectivity index is 1.49. The Morgan fingerprint density at radius 1 is 1.24 bits per heavy atom. The van der Waals surface area contributed by atoms with Crippen LogP contribution in [0.5, 0.6) is 5.75 Å². The second-order valence-electron chi connectivity index (χ2n) is 5.31. The second-order valence-corrected chi connectivity index (χ2v) is 5.31. The minimum atomic E-state index is -0.457. The summed E-state index contributed by atoms with van der Waals surface area (Å²) in [5, 5.41) is 0. The number of amides is 1. The summed E-state index contributed by atoms with van der Waals surface area (Å²) in [4.78, 5) is 14.0. The summed E-state index contributed by atoms with van der Waals surface area (Å²) >= 11 is 0. The van der Waals surface area contributed by atoms with Crippen LogP contribution in [0.15, 0.2) is 24.3 Å². The number of rotatable bonds is 3. The Morgan fingerprint density at radius 2 is 1.90 bits per heavy atom. The lowest BCUT2D eigenvalue weighted by atomic mass is 10.0. The highest BCUT2D eigenvalue weighted by atomic mass is 16.7. The average Bonchev–Trinajstić information content (AvgIpc) is 2.95. The van der Waals surface area contributed by atoms with Crippen molar-refractivity contribution in [1.82, 2.24) is 4.90 Å². The van der Waals surface area contributed by atoms with Crippen LogP contribution >= 0.6 is 0 Å². The zero-order chi connectivity index (χ0) is 14.7. The van der Waals surface area contributed by atoms with E-state index in [9.17, 15) is 4.79 Å². The predicted octanol–water partition coefficient (Wildman–Crippen LogP) is 1.01. The summed E-state index contributed by atoms with van der Waals surface area (Å²) in [6.07, 6.45) is 1.43. The monoisotopic (exact) mass is 292 g/mol. The van der Waals surface area contributed by atoms with E-state index in [1.165, 1.54) is 0 Å². The largest absolute Gasteiger partial charge is 0.482 e. The number of carbonyl (C=O) groups is 1. The number of hydrogen-bond acceptors (Lipinski definition) is 5. The van der Waals surface area contributed by atoms with Gasteiger partial charge in [-0.15, -0.1) is 0 Å². The average molecular weight is 292 g/mol. The molecule has 2 heterocycles. The van der Waals surface area contributed by atoms with Gasteiger partial charge in [-0.3, -0.25) is 4.79 Å². The lowest BCUT2D eigenvalue weighted by Gasteiger charge is -2.37. The Bertz CT molecular complexity index is 504. The van der Waals surface area contributed by atoms with E-state index in [2.05, 4.69) is 0 Å². The van der Waals surface area contributed by atoms with Gasteiger partial charge in [0.2, 0.25) is 0 Å². The zero-order valence-electron chi connectivity index (χ0n) is 11.9. The van der Waals surface area contributed by atoms with Crippen molar-refractivity contribution in [2.24, 2.45) is 0 Å². The second kappa shape index (κ2) is 5.91. The Labute approximate surface area is 123 Å². The molecular formula is C15H20N2O4. The number of anilines is 1. The van der Waals surface area contributed by atoms with Gasteiger partial charge in [-0.2, -0.15) is 0 Å². The zero-order valence-corrected chi connectivity index (χ0v) is 11.9. The van der Waals surface area contributed by atoms with E-state index < -0.39 is 5.79 Å². The topological polar surface area (TPSA) is 74.0 Å². The minimum absolute atomic E-state index is 0.00290. The van der Waals surface area contributed by atoms with Gasteiger partial charge in [0.15, 0.2) is 12.4 Å². The van der Waals surface area contributed by atoms with E-state index in [-0.39, 0.29) is 12.5 Å².